The van der Waals surface area contributed by atoms with Crippen LogP contribution in [-0.2, 0) is 13.1 Å². The smallest absolute Gasteiger partial charge is 0.213 e. The van der Waals surface area contributed by atoms with Crippen LogP contribution >= 0.6 is 23.6 Å². The number of aromatic nitrogens is 2. The van der Waals surface area contributed by atoms with Gasteiger partial charge in [0.05, 0.1) is 17.6 Å². The second kappa shape index (κ2) is 5.13. The molecule has 0 fully saturated rings. The van der Waals surface area contributed by atoms with E-state index >= 15 is 0 Å². The average Bonchev–Trinajstić information content (AvgIpc) is 3.20. The predicted octanol–water partition coefficient (Wildman–Crippen LogP) is 2.99. The molecule has 1 aliphatic rings. The summed E-state index contributed by atoms with van der Waals surface area (Å²) in [6.45, 7) is 2.58. The van der Waals surface area contributed by atoms with E-state index in [9.17, 15) is 0 Å². The van der Waals surface area contributed by atoms with Gasteiger partial charge in [-0.15, -0.1) is 11.3 Å². The van der Waals surface area contributed by atoms with Crippen LogP contribution in [0, 0.1) is 0 Å². The molecule has 0 amide bonds. The van der Waals surface area contributed by atoms with E-state index in [2.05, 4.69) is 38.4 Å². The molecule has 4 rings (SSSR count). The molecule has 0 saturated carbocycles. The van der Waals surface area contributed by atoms with E-state index in [1.54, 1.807) is 11.3 Å². The van der Waals surface area contributed by atoms with Gasteiger partial charge in [0.1, 0.15) is 0 Å². The number of nitrogens with zero attached hydrogens (tertiary/aromatic N) is 3. The zero-order valence-electron chi connectivity index (χ0n) is 11.3. The average molecular weight is 314 g/mol. The normalized spacial score (nSPS) is 13.6. The number of hydrogen-bond acceptors (Lipinski definition) is 3. The predicted molar refractivity (Wildman–Crippen MR) is 90.8 cm³/mol. The summed E-state index contributed by atoms with van der Waals surface area (Å²) in [7, 11) is 0. The van der Waals surface area contributed by atoms with E-state index in [1.807, 2.05) is 18.2 Å². The number of fused-ring (bicyclic) bond motifs is 3. The highest BCUT2D eigenvalue weighted by atomic mass is 32.1. The minimum atomic E-state index is 0.748. The summed E-state index contributed by atoms with van der Waals surface area (Å²) in [6, 6.07) is 12.4. The number of rotatable bonds is 2. The van der Waals surface area contributed by atoms with E-state index in [0.29, 0.717) is 0 Å². The molecule has 1 N–H and O–H groups in total. The van der Waals surface area contributed by atoms with E-state index < -0.39 is 0 Å². The molecule has 3 aromatic rings. The molecule has 0 unspecified atom stereocenters. The summed E-state index contributed by atoms with van der Waals surface area (Å²) in [4.78, 5) is 8.07. The van der Waals surface area contributed by atoms with Gasteiger partial charge in [-0.1, -0.05) is 18.2 Å². The van der Waals surface area contributed by atoms with E-state index in [0.717, 1.165) is 36.2 Å². The lowest BCUT2D eigenvalue weighted by molar-refractivity contribution is 0.822. The van der Waals surface area contributed by atoms with Crippen molar-refractivity contribution in [1.82, 2.24) is 14.9 Å². The molecular formula is C15H14N4S2. The molecule has 0 radical (unpaired) electrons. The molecule has 2 aromatic heterocycles. The third-order valence-electron chi connectivity index (χ3n) is 3.66. The van der Waals surface area contributed by atoms with Gasteiger partial charge in [-0.3, -0.25) is 4.90 Å². The molecule has 21 heavy (non-hydrogen) atoms. The third-order valence-corrected chi connectivity index (χ3v) is 4.90. The van der Waals surface area contributed by atoms with E-state index in [-0.39, 0.29) is 0 Å². The maximum absolute atomic E-state index is 5.53. The van der Waals surface area contributed by atoms with Crippen molar-refractivity contribution in [3.63, 3.8) is 0 Å². The Morgan fingerprint density at radius 1 is 1.24 bits per heavy atom. The lowest BCUT2D eigenvalue weighted by Crippen LogP contribution is -2.38. The van der Waals surface area contributed by atoms with Crippen molar-refractivity contribution in [2.45, 2.75) is 13.1 Å². The lowest BCUT2D eigenvalue weighted by Gasteiger charge is -2.17. The van der Waals surface area contributed by atoms with Gasteiger partial charge in [0, 0.05) is 18.0 Å². The molecule has 0 bridgehead atoms. The summed E-state index contributed by atoms with van der Waals surface area (Å²) in [6.07, 6.45) is 0. The van der Waals surface area contributed by atoms with Gasteiger partial charge in [-0.05, 0) is 35.8 Å². The van der Waals surface area contributed by atoms with Crippen LogP contribution in [0.2, 0.25) is 0 Å². The molecule has 4 nitrogen and oxygen atoms in total. The lowest BCUT2D eigenvalue weighted by atomic mass is 10.3. The Labute approximate surface area is 132 Å². The maximum atomic E-state index is 5.53. The Bertz CT molecular complexity index is 791. The topological polar surface area (TPSA) is 33.1 Å². The summed E-state index contributed by atoms with van der Waals surface area (Å²) in [5.74, 6) is 0.944. The Morgan fingerprint density at radius 2 is 2.14 bits per heavy atom. The molecule has 0 saturated heterocycles. The van der Waals surface area contributed by atoms with Crippen LogP contribution < -0.4 is 10.2 Å². The van der Waals surface area contributed by atoms with Crippen molar-refractivity contribution in [2.24, 2.45) is 0 Å². The largest absolute Gasteiger partial charge is 0.357 e. The minimum absolute atomic E-state index is 0.748. The highest BCUT2D eigenvalue weighted by molar-refractivity contribution is 7.80. The number of thiocarbonyl (C=S) groups is 1. The molecule has 1 aromatic carbocycles. The first-order chi connectivity index (χ1) is 10.3. The number of nitrogens with one attached hydrogen (secondary N) is 1. The fraction of sp³-hybridized carbons (Fsp3) is 0.200. The second-order valence-corrected chi connectivity index (χ2v) is 6.36. The van der Waals surface area contributed by atoms with Crippen LogP contribution in [0.15, 0.2) is 41.8 Å². The Hall–Kier alpha value is -1.92. The van der Waals surface area contributed by atoms with E-state index in [4.69, 9.17) is 17.2 Å². The number of para-hydroxylation sites is 2. The molecule has 6 heteroatoms. The van der Waals surface area contributed by atoms with Crippen molar-refractivity contribution in [3.05, 3.63) is 46.7 Å². The SMILES string of the molecule is S=C(NCc1cccs1)N1CCn2c1nc1ccccc12. The van der Waals surface area contributed by atoms with Gasteiger partial charge in [-0.2, -0.15) is 0 Å². The van der Waals surface area contributed by atoms with Crippen molar-refractivity contribution < 1.29 is 0 Å². The van der Waals surface area contributed by atoms with Crippen molar-refractivity contribution in [1.29, 1.82) is 0 Å². The first-order valence-electron chi connectivity index (χ1n) is 6.86. The maximum Gasteiger partial charge on any atom is 0.213 e. The summed E-state index contributed by atoms with van der Waals surface area (Å²) in [5, 5.41) is 6.15. The van der Waals surface area contributed by atoms with Gasteiger partial charge in [0.25, 0.3) is 0 Å². The number of imidazole rings is 1. The first kappa shape index (κ1) is 12.8. The minimum Gasteiger partial charge on any atom is -0.357 e. The van der Waals surface area contributed by atoms with Gasteiger partial charge in [-0.25, -0.2) is 4.98 Å². The summed E-state index contributed by atoms with van der Waals surface area (Å²) in [5.41, 5.74) is 2.20. The molecule has 0 atom stereocenters. The van der Waals surface area contributed by atoms with Crippen molar-refractivity contribution in [2.75, 3.05) is 11.4 Å². The zero-order valence-corrected chi connectivity index (χ0v) is 13.0. The first-order valence-corrected chi connectivity index (χ1v) is 8.15. The Kier molecular flexibility index (Phi) is 3.12. The highest BCUT2D eigenvalue weighted by Gasteiger charge is 2.25. The van der Waals surface area contributed by atoms with E-state index in [1.165, 1.54) is 10.4 Å². The van der Waals surface area contributed by atoms with Crippen LogP contribution in [0.1, 0.15) is 4.88 Å². The van der Waals surface area contributed by atoms with Crippen LogP contribution in [0.3, 0.4) is 0 Å². The van der Waals surface area contributed by atoms with Crippen molar-refractivity contribution >= 4 is 45.6 Å². The molecule has 1 aliphatic heterocycles. The van der Waals surface area contributed by atoms with Crippen LogP contribution in [0.5, 0.6) is 0 Å². The monoisotopic (exact) mass is 314 g/mol. The zero-order chi connectivity index (χ0) is 14.2. The molecule has 0 aliphatic carbocycles. The van der Waals surface area contributed by atoms with Crippen LogP contribution in [-0.4, -0.2) is 21.2 Å². The van der Waals surface area contributed by atoms with Crippen LogP contribution in [0.4, 0.5) is 5.95 Å². The van der Waals surface area contributed by atoms with Gasteiger partial charge in [0.15, 0.2) is 5.11 Å². The van der Waals surface area contributed by atoms with Crippen molar-refractivity contribution in [3.8, 4) is 0 Å². The standard InChI is InChI=1S/C15H14N4S2/c20-15(16-10-11-4-3-9-21-11)19-8-7-18-13-6-2-1-5-12(13)17-14(18)19/h1-6,9H,7-8,10H2,(H,16,20). The number of anilines is 1. The Morgan fingerprint density at radius 3 is 3.00 bits per heavy atom. The quantitative estimate of drug-likeness (QED) is 0.737. The van der Waals surface area contributed by atoms with Gasteiger partial charge >= 0.3 is 0 Å². The molecule has 106 valence electrons. The molecule has 0 spiro atoms. The number of benzene rings is 1. The third kappa shape index (κ3) is 2.20. The van der Waals surface area contributed by atoms with Crippen LogP contribution in [0.25, 0.3) is 11.0 Å². The van der Waals surface area contributed by atoms with Gasteiger partial charge in [0.2, 0.25) is 5.95 Å². The molecule has 3 heterocycles. The fourth-order valence-corrected chi connectivity index (χ4v) is 3.54. The summed E-state index contributed by atoms with van der Waals surface area (Å²) < 4.78 is 2.23. The number of hydrogen-bond donors (Lipinski definition) is 1. The van der Waals surface area contributed by atoms with Gasteiger partial charge < -0.3 is 9.88 Å². The fourth-order valence-electron chi connectivity index (χ4n) is 2.65. The molecular weight excluding hydrogens is 300 g/mol. The highest BCUT2D eigenvalue weighted by Crippen LogP contribution is 2.27. The number of thiophene rings is 1. The second-order valence-electron chi connectivity index (χ2n) is 4.94. The summed E-state index contributed by atoms with van der Waals surface area (Å²) >= 11 is 7.27. The Balaban J connectivity index is 1.57.